The Labute approximate surface area is 125 Å². The van der Waals surface area contributed by atoms with Crippen LogP contribution in [0, 0.1) is 6.92 Å². The Hall–Kier alpha value is -2.30. The van der Waals surface area contributed by atoms with Gasteiger partial charge in [-0.3, -0.25) is 0 Å². The lowest BCUT2D eigenvalue weighted by atomic mass is 10.2. The van der Waals surface area contributed by atoms with Crippen molar-refractivity contribution in [2.45, 2.75) is 26.8 Å². The molecule has 1 aromatic heterocycles. The molecule has 0 bridgehead atoms. The van der Waals surface area contributed by atoms with E-state index in [1.54, 1.807) is 14.2 Å². The summed E-state index contributed by atoms with van der Waals surface area (Å²) in [7, 11) is 3.30. The molecule has 0 aliphatic carbocycles. The maximum absolute atomic E-state index is 5.39. The fourth-order valence-electron chi connectivity index (χ4n) is 2.08. The summed E-state index contributed by atoms with van der Waals surface area (Å²) in [5, 5.41) is 3.32. The van der Waals surface area contributed by atoms with Crippen LogP contribution in [-0.2, 0) is 13.0 Å². The van der Waals surface area contributed by atoms with E-state index >= 15 is 0 Å². The van der Waals surface area contributed by atoms with E-state index in [9.17, 15) is 0 Å². The van der Waals surface area contributed by atoms with Crippen molar-refractivity contribution in [2.75, 3.05) is 19.5 Å². The van der Waals surface area contributed by atoms with Crippen molar-refractivity contribution in [3.63, 3.8) is 0 Å². The summed E-state index contributed by atoms with van der Waals surface area (Å²) in [6.45, 7) is 4.61. The highest BCUT2D eigenvalue weighted by molar-refractivity contribution is 5.44. The molecule has 5 heteroatoms. The van der Waals surface area contributed by atoms with Crippen molar-refractivity contribution in [2.24, 2.45) is 0 Å². The molecular formula is C16H21N3O2. The first-order valence-corrected chi connectivity index (χ1v) is 6.95. The Bertz CT molecular complexity index is 614. The lowest BCUT2D eigenvalue weighted by Crippen LogP contribution is -2.06. The summed E-state index contributed by atoms with van der Waals surface area (Å²) >= 11 is 0. The summed E-state index contributed by atoms with van der Waals surface area (Å²) in [5.74, 6) is 3.18. The summed E-state index contributed by atoms with van der Waals surface area (Å²) in [6.07, 6.45) is 0.893. The van der Waals surface area contributed by atoms with Gasteiger partial charge in [-0.2, -0.15) is 0 Å². The molecule has 0 saturated carbocycles. The van der Waals surface area contributed by atoms with E-state index in [1.165, 1.54) is 0 Å². The molecule has 112 valence electrons. The number of nitrogens with zero attached hydrogens (tertiary/aromatic N) is 2. The molecule has 0 fully saturated rings. The van der Waals surface area contributed by atoms with Crippen molar-refractivity contribution in [3.05, 3.63) is 41.3 Å². The lowest BCUT2D eigenvalue weighted by Gasteiger charge is -2.12. The van der Waals surface area contributed by atoms with Gasteiger partial charge in [0.25, 0.3) is 0 Å². The standard InChI is InChI=1S/C16H21N3O2/c1-5-13-8-16(19-11(2)18-13)17-10-12-6-7-14(20-3)9-15(12)21-4/h6-9H,5,10H2,1-4H3,(H,17,18,19). The monoisotopic (exact) mass is 287 g/mol. The highest BCUT2D eigenvalue weighted by Crippen LogP contribution is 2.25. The quantitative estimate of drug-likeness (QED) is 0.885. The molecule has 0 aliphatic rings. The molecular weight excluding hydrogens is 266 g/mol. The van der Waals surface area contributed by atoms with E-state index in [4.69, 9.17) is 9.47 Å². The Balaban J connectivity index is 2.14. The Kier molecular flexibility index (Phi) is 4.98. The smallest absolute Gasteiger partial charge is 0.130 e. The van der Waals surface area contributed by atoms with Crippen LogP contribution in [0.15, 0.2) is 24.3 Å². The number of hydrogen-bond donors (Lipinski definition) is 1. The van der Waals surface area contributed by atoms with Gasteiger partial charge in [0.2, 0.25) is 0 Å². The lowest BCUT2D eigenvalue weighted by molar-refractivity contribution is 0.391. The first-order valence-electron chi connectivity index (χ1n) is 6.95. The molecule has 0 aliphatic heterocycles. The van der Waals surface area contributed by atoms with Crippen LogP contribution in [-0.4, -0.2) is 24.2 Å². The SMILES string of the molecule is CCc1cc(NCc2ccc(OC)cc2OC)nc(C)n1. The van der Waals surface area contributed by atoms with Crippen LogP contribution in [0.5, 0.6) is 11.5 Å². The van der Waals surface area contributed by atoms with Gasteiger partial charge < -0.3 is 14.8 Å². The molecule has 1 heterocycles. The predicted octanol–water partition coefficient (Wildman–Crippen LogP) is 2.98. The summed E-state index contributed by atoms with van der Waals surface area (Å²) in [6, 6.07) is 7.75. The largest absolute Gasteiger partial charge is 0.497 e. The van der Waals surface area contributed by atoms with Crippen LogP contribution in [0.25, 0.3) is 0 Å². The number of benzene rings is 1. The normalized spacial score (nSPS) is 10.3. The van der Waals surface area contributed by atoms with Crippen LogP contribution in [0.3, 0.4) is 0 Å². The molecule has 1 N–H and O–H groups in total. The Morgan fingerprint density at radius 3 is 2.57 bits per heavy atom. The highest BCUT2D eigenvalue weighted by atomic mass is 16.5. The zero-order valence-corrected chi connectivity index (χ0v) is 12.9. The number of aryl methyl sites for hydroxylation is 2. The van der Waals surface area contributed by atoms with Crippen molar-refractivity contribution < 1.29 is 9.47 Å². The number of methoxy groups -OCH3 is 2. The molecule has 1 aromatic carbocycles. The van der Waals surface area contributed by atoms with Crippen molar-refractivity contribution in [3.8, 4) is 11.5 Å². The third-order valence-electron chi connectivity index (χ3n) is 3.21. The molecule has 0 radical (unpaired) electrons. The third kappa shape index (κ3) is 3.84. The molecule has 21 heavy (non-hydrogen) atoms. The minimum Gasteiger partial charge on any atom is -0.497 e. The molecule has 2 aromatic rings. The minimum absolute atomic E-state index is 0.632. The van der Waals surface area contributed by atoms with Crippen molar-refractivity contribution >= 4 is 5.82 Å². The third-order valence-corrected chi connectivity index (χ3v) is 3.21. The molecule has 0 amide bonds. The first kappa shape index (κ1) is 15.1. The van der Waals surface area contributed by atoms with Crippen LogP contribution < -0.4 is 14.8 Å². The Morgan fingerprint density at radius 2 is 1.90 bits per heavy atom. The van der Waals surface area contributed by atoms with E-state index in [1.807, 2.05) is 31.2 Å². The number of ether oxygens (including phenoxy) is 2. The molecule has 0 spiro atoms. The van der Waals surface area contributed by atoms with Crippen LogP contribution in [0.1, 0.15) is 24.0 Å². The van der Waals surface area contributed by atoms with Gasteiger partial charge in [-0.05, 0) is 25.5 Å². The molecule has 0 saturated heterocycles. The zero-order chi connectivity index (χ0) is 15.2. The van der Waals surface area contributed by atoms with E-state index in [2.05, 4.69) is 22.2 Å². The summed E-state index contributed by atoms with van der Waals surface area (Å²) in [5.41, 5.74) is 2.08. The van der Waals surface area contributed by atoms with Gasteiger partial charge >= 0.3 is 0 Å². The fourth-order valence-corrected chi connectivity index (χ4v) is 2.08. The number of nitrogens with one attached hydrogen (secondary N) is 1. The van der Waals surface area contributed by atoms with Crippen LogP contribution in [0.2, 0.25) is 0 Å². The second kappa shape index (κ2) is 6.92. The van der Waals surface area contributed by atoms with Crippen LogP contribution in [0.4, 0.5) is 5.82 Å². The van der Waals surface area contributed by atoms with Gasteiger partial charge in [-0.1, -0.05) is 6.92 Å². The van der Waals surface area contributed by atoms with Gasteiger partial charge in [-0.15, -0.1) is 0 Å². The number of hydrogen-bond acceptors (Lipinski definition) is 5. The van der Waals surface area contributed by atoms with E-state index in [-0.39, 0.29) is 0 Å². The van der Waals surface area contributed by atoms with Gasteiger partial charge in [-0.25, -0.2) is 9.97 Å². The van der Waals surface area contributed by atoms with Gasteiger partial charge in [0.05, 0.1) is 14.2 Å². The predicted molar refractivity (Wildman–Crippen MR) is 83.0 cm³/mol. The fraction of sp³-hybridized carbons (Fsp3) is 0.375. The average molecular weight is 287 g/mol. The number of rotatable bonds is 6. The average Bonchev–Trinajstić information content (AvgIpc) is 2.52. The summed E-state index contributed by atoms with van der Waals surface area (Å²) < 4.78 is 10.6. The van der Waals surface area contributed by atoms with Gasteiger partial charge in [0, 0.05) is 29.9 Å². The van der Waals surface area contributed by atoms with E-state index < -0.39 is 0 Å². The topological polar surface area (TPSA) is 56.3 Å². The second-order valence-corrected chi connectivity index (χ2v) is 4.68. The maximum Gasteiger partial charge on any atom is 0.130 e. The molecule has 2 rings (SSSR count). The molecule has 0 atom stereocenters. The first-order chi connectivity index (χ1) is 10.2. The van der Waals surface area contributed by atoms with Crippen molar-refractivity contribution in [1.29, 1.82) is 0 Å². The molecule has 5 nitrogen and oxygen atoms in total. The second-order valence-electron chi connectivity index (χ2n) is 4.68. The maximum atomic E-state index is 5.39. The summed E-state index contributed by atoms with van der Waals surface area (Å²) in [4.78, 5) is 8.77. The van der Waals surface area contributed by atoms with E-state index in [0.717, 1.165) is 40.8 Å². The highest BCUT2D eigenvalue weighted by Gasteiger charge is 2.06. The van der Waals surface area contributed by atoms with Gasteiger partial charge in [0.15, 0.2) is 0 Å². The van der Waals surface area contributed by atoms with Gasteiger partial charge in [0.1, 0.15) is 23.1 Å². The Morgan fingerprint density at radius 1 is 1.10 bits per heavy atom. The zero-order valence-electron chi connectivity index (χ0n) is 12.9. The van der Waals surface area contributed by atoms with Crippen molar-refractivity contribution in [1.82, 2.24) is 9.97 Å². The minimum atomic E-state index is 0.632. The number of anilines is 1. The van der Waals surface area contributed by atoms with Crippen LogP contribution >= 0.6 is 0 Å². The molecule has 0 unspecified atom stereocenters. The number of aromatic nitrogens is 2. The van der Waals surface area contributed by atoms with E-state index in [0.29, 0.717) is 6.54 Å².